The maximum Gasteiger partial charge on any atom is 0.516 e. The van der Waals surface area contributed by atoms with E-state index in [1.807, 2.05) is 0 Å². The summed E-state index contributed by atoms with van der Waals surface area (Å²) in [5.41, 5.74) is 0. The van der Waals surface area contributed by atoms with Gasteiger partial charge in [-0.3, -0.25) is 0 Å². The molecular weight excluding hydrogens is 147 g/mol. The first-order valence-electron chi connectivity index (χ1n) is 2.47. The number of allylic oxidation sites excluding steroid dienone is 2. The molecule has 1 rings (SSSR count). The molecule has 0 saturated carbocycles. The van der Waals surface area contributed by atoms with Crippen LogP contribution in [0.2, 0.25) is 0 Å². The Bertz CT molecular complexity index is 172. The van der Waals surface area contributed by atoms with Gasteiger partial charge in [-0.2, -0.15) is 0 Å². The van der Waals surface area contributed by atoms with Crippen molar-refractivity contribution >= 4 is 0 Å². The van der Waals surface area contributed by atoms with Crippen LogP contribution in [0.5, 0.6) is 0 Å². The molecule has 0 aromatic heterocycles. The minimum atomic E-state index is -4.46. The molecule has 2 nitrogen and oxygen atoms in total. The molecule has 0 spiro atoms. The summed E-state index contributed by atoms with van der Waals surface area (Å²) >= 11 is 0. The van der Waals surface area contributed by atoms with Crippen molar-refractivity contribution in [2.24, 2.45) is 0 Å². The molecule has 0 N–H and O–H groups in total. The van der Waals surface area contributed by atoms with Crippen molar-refractivity contribution in [3.63, 3.8) is 0 Å². The predicted molar refractivity (Wildman–Crippen MR) is 27.3 cm³/mol. The van der Waals surface area contributed by atoms with Crippen molar-refractivity contribution in [3.8, 4) is 0 Å². The zero-order valence-corrected chi connectivity index (χ0v) is 4.80. The third-order valence-electron chi connectivity index (χ3n) is 0.835. The van der Waals surface area contributed by atoms with E-state index in [0.717, 1.165) is 12.5 Å². The van der Waals surface area contributed by atoms with Crippen molar-refractivity contribution in [3.05, 3.63) is 24.6 Å². The van der Waals surface area contributed by atoms with Crippen LogP contribution < -0.4 is 0 Å². The number of hydrogen-bond acceptors (Lipinski definition) is 2. The molecule has 0 radical (unpaired) electrons. The Morgan fingerprint density at radius 3 is 2.20 bits per heavy atom. The van der Waals surface area contributed by atoms with Crippen molar-refractivity contribution in [1.29, 1.82) is 0 Å². The van der Waals surface area contributed by atoms with E-state index in [1.165, 1.54) is 12.2 Å². The second kappa shape index (κ2) is 2.24. The Hall–Kier alpha value is -1.13. The van der Waals surface area contributed by atoms with Crippen LogP contribution in [0.4, 0.5) is 13.2 Å². The lowest BCUT2D eigenvalue weighted by Crippen LogP contribution is -2.32. The molecule has 0 aromatic carbocycles. The number of alkyl halides is 3. The summed E-state index contributed by atoms with van der Waals surface area (Å²) in [4.78, 5) is 4.08. The first kappa shape index (κ1) is 6.98. The largest absolute Gasteiger partial charge is 0.516 e. The molecule has 1 aliphatic rings. The molecule has 1 aliphatic heterocycles. The van der Waals surface area contributed by atoms with Crippen LogP contribution in [0.25, 0.3) is 0 Å². The van der Waals surface area contributed by atoms with Gasteiger partial charge >= 0.3 is 6.30 Å². The van der Waals surface area contributed by atoms with Crippen LogP contribution in [0.15, 0.2) is 24.6 Å². The van der Waals surface area contributed by atoms with Gasteiger partial charge in [-0.1, -0.05) is 0 Å². The second-order valence-electron chi connectivity index (χ2n) is 1.57. The standard InChI is InChI=1S/C5H4F3NO/c6-5(7,8)9-3-1-2-4-10-9/h1-4H. The highest BCUT2D eigenvalue weighted by Crippen LogP contribution is 2.23. The molecule has 0 atom stereocenters. The zero-order valence-electron chi connectivity index (χ0n) is 4.80. The summed E-state index contributed by atoms with van der Waals surface area (Å²) in [7, 11) is 0. The fourth-order valence-corrected chi connectivity index (χ4v) is 0.453. The van der Waals surface area contributed by atoms with Crippen LogP contribution >= 0.6 is 0 Å². The van der Waals surface area contributed by atoms with Gasteiger partial charge in [0.2, 0.25) is 0 Å². The van der Waals surface area contributed by atoms with Gasteiger partial charge in [0.15, 0.2) is 0 Å². The van der Waals surface area contributed by atoms with E-state index in [0.29, 0.717) is 0 Å². The van der Waals surface area contributed by atoms with E-state index in [9.17, 15) is 13.2 Å². The van der Waals surface area contributed by atoms with E-state index in [-0.39, 0.29) is 5.06 Å². The van der Waals surface area contributed by atoms with E-state index in [1.54, 1.807) is 0 Å². The number of hydroxylamine groups is 2. The van der Waals surface area contributed by atoms with Crippen LogP contribution in [-0.2, 0) is 4.84 Å². The maximum atomic E-state index is 11.7. The van der Waals surface area contributed by atoms with Gasteiger partial charge in [0.1, 0.15) is 6.26 Å². The number of hydrogen-bond donors (Lipinski definition) is 0. The Morgan fingerprint density at radius 2 is 1.90 bits per heavy atom. The lowest BCUT2D eigenvalue weighted by Gasteiger charge is -2.21. The lowest BCUT2D eigenvalue weighted by atomic mass is 10.5. The van der Waals surface area contributed by atoms with Crippen LogP contribution in [0.1, 0.15) is 0 Å². The number of halogens is 3. The number of rotatable bonds is 0. The van der Waals surface area contributed by atoms with Gasteiger partial charge in [0, 0.05) is 6.20 Å². The monoisotopic (exact) mass is 151 g/mol. The highest BCUT2D eigenvalue weighted by molar-refractivity contribution is 5.01. The van der Waals surface area contributed by atoms with Gasteiger partial charge in [-0.25, -0.2) is 0 Å². The molecule has 5 heteroatoms. The molecule has 1 heterocycles. The molecule has 10 heavy (non-hydrogen) atoms. The van der Waals surface area contributed by atoms with Crippen molar-refractivity contribution in [2.75, 3.05) is 0 Å². The summed E-state index contributed by atoms with van der Waals surface area (Å²) in [5.74, 6) is 0. The molecule has 0 aromatic rings. The average Bonchev–Trinajstić information content (AvgIpc) is 1.88. The van der Waals surface area contributed by atoms with Crippen molar-refractivity contribution < 1.29 is 18.0 Å². The molecule has 0 unspecified atom stereocenters. The van der Waals surface area contributed by atoms with Gasteiger partial charge in [-0.15, -0.1) is 18.2 Å². The van der Waals surface area contributed by atoms with Crippen molar-refractivity contribution in [2.45, 2.75) is 6.30 Å². The van der Waals surface area contributed by atoms with Crippen molar-refractivity contribution in [1.82, 2.24) is 5.06 Å². The zero-order chi connectivity index (χ0) is 7.61. The molecule has 0 bridgehead atoms. The van der Waals surface area contributed by atoms with E-state index in [2.05, 4.69) is 4.84 Å². The first-order chi connectivity index (χ1) is 4.61. The summed E-state index contributed by atoms with van der Waals surface area (Å²) in [6.45, 7) is 0. The first-order valence-corrected chi connectivity index (χ1v) is 2.47. The van der Waals surface area contributed by atoms with Gasteiger partial charge in [0.25, 0.3) is 0 Å². The molecule has 56 valence electrons. The Labute approximate surface area is 55.1 Å². The normalized spacial score (nSPS) is 17.3. The SMILES string of the molecule is FC(F)(F)N1C=CC=CO1. The van der Waals surface area contributed by atoms with Crippen LogP contribution in [0.3, 0.4) is 0 Å². The van der Waals surface area contributed by atoms with E-state index in [4.69, 9.17) is 0 Å². The molecule has 0 aliphatic carbocycles. The second-order valence-corrected chi connectivity index (χ2v) is 1.57. The van der Waals surface area contributed by atoms with Gasteiger partial charge in [-0.05, 0) is 12.2 Å². The summed E-state index contributed by atoms with van der Waals surface area (Å²) < 4.78 is 35.0. The van der Waals surface area contributed by atoms with Crippen LogP contribution in [-0.4, -0.2) is 11.4 Å². The molecule has 0 saturated heterocycles. The minimum absolute atomic E-state index is 0.188. The summed E-state index contributed by atoms with van der Waals surface area (Å²) in [6, 6.07) is 0. The van der Waals surface area contributed by atoms with Crippen LogP contribution in [0, 0.1) is 0 Å². The fourth-order valence-electron chi connectivity index (χ4n) is 0.453. The minimum Gasteiger partial charge on any atom is -0.380 e. The average molecular weight is 151 g/mol. The topological polar surface area (TPSA) is 12.5 Å². The molecular formula is C5H4F3NO. The third kappa shape index (κ3) is 1.43. The Balaban J connectivity index is 2.60. The highest BCUT2D eigenvalue weighted by atomic mass is 19.4. The molecule has 0 amide bonds. The predicted octanol–water partition coefficient (Wildman–Crippen LogP) is 1.78. The fraction of sp³-hybridized carbons (Fsp3) is 0.200. The Morgan fingerprint density at radius 1 is 1.20 bits per heavy atom. The Kier molecular flexibility index (Phi) is 1.57. The lowest BCUT2D eigenvalue weighted by molar-refractivity contribution is -0.330. The van der Waals surface area contributed by atoms with Gasteiger partial charge in [0.05, 0.1) is 0 Å². The van der Waals surface area contributed by atoms with Gasteiger partial charge < -0.3 is 4.84 Å². The quantitative estimate of drug-likeness (QED) is 0.489. The maximum absolute atomic E-state index is 11.7. The van der Waals surface area contributed by atoms with E-state index >= 15 is 0 Å². The summed E-state index contributed by atoms with van der Waals surface area (Å²) in [6.07, 6.45) is -0.117. The molecule has 0 fully saturated rings. The summed E-state index contributed by atoms with van der Waals surface area (Å²) in [5, 5.41) is -0.188. The van der Waals surface area contributed by atoms with E-state index < -0.39 is 6.30 Å². The third-order valence-corrected chi connectivity index (χ3v) is 0.835. The number of nitrogens with zero attached hydrogens (tertiary/aromatic N) is 1. The smallest absolute Gasteiger partial charge is 0.380 e. The highest BCUT2D eigenvalue weighted by Gasteiger charge is 2.37.